The zero-order chi connectivity index (χ0) is 19.9. The Hall–Kier alpha value is -3.70. The molecule has 4 rings (SSSR count). The summed E-state index contributed by atoms with van der Waals surface area (Å²) in [5.74, 6) is 1.21. The summed E-state index contributed by atoms with van der Waals surface area (Å²) in [5.41, 5.74) is 3.83. The van der Waals surface area contributed by atoms with Gasteiger partial charge >= 0.3 is 0 Å². The molecule has 2 heterocycles. The largest absolute Gasteiger partial charge is 0.340 e. The lowest BCUT2D eigenvalue weighted by molar-refractivity contribution is 1.17. The minimum Gasteiger partial charge on any atom is -0.340 e. The summed E-state index contributed by atoms with van der Waals surface area (Å²) in [5, 5.41) is 7.14. The quantitative estimate of drug-likeness (QED) is 0.405. The molecule has 29 heavy (non-hydrogen) atoms. The molecule has 0 unspecified atom stereocenters. The maximum atomic E-state index is 5.92. The molecule has 5 nitrogen and oxygen atoms in total. The van der Waals surface area contributed by atoms with Crippen LogP contribution in [0.4, 0.5) is 23.1 Å². The molecule has 2 aromatic heterocycles. The molecule has 0 atom stereocenters. The van der Waals surface area contributed by atoms with Gasteiger partial charge in [0.05, 0.1) is 5.69 Å². The zero-order valence-electron chi connectivity index (χ0n) is 15.5. The summed E-state index contributed by atoms with van der Waals surface area (Å²) in [4.78, 5) is 13.0. The normalized spacial score (nSPS) is 10.8. The maximum absolute atomic E-state index is 5.92. The molecule has 0 bridgehead atoms. The van der Waals surface area contributed by atoms with E-state index in [2.05, 4.69) is 25.6 Å². The number of aromatic nitrogens is 3. The van der Waals surface area contributed by atoms with Crippen molar-refractivity contribution >= 4 is 46.9 Å². The van der Waals surface area contributed by atoms with E-state index in [1.54, 1.807) is 12.4 Å². The molecule has 0 aliphatic carbocycles. The SMILES string of the molecule is Clc1ccc(Nc2nccc(Nc3ccc(C=Cc4ccccn4)cc3)n2)cc1. The monoisotopic (exact) mass is 399 g/mol. The molecule has 0 saturated heterocycles. The predicted molar refractivity (Wildman–Crippen MR) is 120 cm³/mol. The second kappa shape index (κ2) is 8.99. The van der Waals surface area contributed by atoms with Crippen molar-refractivity contribution in [3.8, 4) is 0 Å². The van der Waals surface area contributed by atoms with E-state index in [0.717, 1.165) is 22.6 Å². The third-order valence-corrected chi connectivity index (χ3v) is 4.33. The van der Waals surface area contributed by atoms with Crippen molar-refractivity contribution in [2.45, 2.75) is 0 Å². The molecular formula is C23H18ClN5. The van der Waals surface area contributed by atoms with Crippen LogP contribution in [0.25, 0.3) is 12.2 Å². The number of halogens is 1. The van der Waals surface area contributed by atoms with Gasteiger partial charge < -0.3 is 10.6 Å². The summed E-state index contributed by atoms with van der Waals surface area (Å²) in [7, 11) is 0. The first kappa shape index (κ1) is 18.7. The number of anilines is 4. The highest BCUT2D eigenvalue weighted by Crippen LogP contribution is 2.20. The minimum absolute atomic E-state index is 0.507. The lowest BCUT2D eigenvalue weighted by Crippen LogP contribution is -2.00. The molecule has 0 amide bonds. The van der Waals surface area contributed by atoms with Crippen LogP contribution in [0, 0.1) is 0 Å². The molecule has 0 radical (unpaired) electrons. The number of pyridine rings is 1. The van der Waals surface area contributed by atoms with E-state index >= 15 is 0 Å². The molecule has 0 aliphatic rings. The molecule has 0 fully saturated rings. The van der Waals surface area contributed by atoms with Crippen molar-refractivity contribution < 1.29 is 0 Å². The fourth-order valence-corrected chi connectivity index (χ4v) is 2.76. The smallest absolute Gasteiger partial charge is 0.229 e. The van der Waals surface area contributed by atoms with Gasteiger partial charge in [0.1, 0.15) is 5.82 Å². The lowest BCUT2D eigenvalue weighted by atomic mass is 10.2. The summed E-state index contributed by atoms with van der Waals surface area (Å²) in [6.45, 7) is 0. The van der Waals surface area contributed by atoms with Gasteiger partial charge in [-0.25, -0.2) is 4.98 Å². The topological polar surface area (TPSA) is 62.7 Å². The van der Waals surface area contributed by atoms with Crippen LogP contribution in [0.15, 0.2) is 85.2 Å². The van der Waals surface area contributed by atoms with Crippen LogP contribution in [0.5, 0.6) is 0 Å². The molecule has 4 aromatic rings. The van der Waals surface area contributed by atoms with E-state index in [1.165, 1.54) is 0 Å². The van der Waals surface area contributed by atoms with Gasteiger partial charge in [-0.05, 0) is 66.2 Å². The van der Waals surface area contributed by atoms with Crippen LogP contribution >= 0.6 is 11.6 Å². The number of hydrogen-bond acceptors (Lipinski definition) is 5. The zero-order valence-corrected chi connectivity index (χ0v) is 16.2. The summed E-state index contributed by atoms with van der Waals surface area (Å²) >= 11 is 5.92. The van der Waals surface area contributed by atoms with Crippen LogP contribution in [-0.2, 0) is 0 Å². The van der Waals surface area contributed by atoms with Crippen molar-refractivity contribution in [3.05, 3.63) is 101 Å². The maximum Gasteiger partial charge on any atom is 0.229 e. The fraction of sp³-hybridized carbons (Fsp3) is 0. The summed E-state index contributed by atoms with van der Waals surface area (Å²) in [6, 6.07) is 23.1. The number of hydrogen-bond donors (Lipinski definition) is 2. The Morgan fingerprint density at radius 3 is 2.21 bits per heavy atom. The van der Waals surface area contributed by atoms with Crippen molar-refractivity contribution in [3.63, 3.8) is 0 Å². The van der Waals surface area contributed by atoms with Gasteiger partial charge in [-0.1, -0.05) is 35.9 Å². The molecule has 0 spiro atoms. The second-order valence-corrected chi connectivity index (χ2v) is 6.67. The molecule has 0 aliphatic heterocycles. The van der Waals surface area contributed by atoms with E-state index in [0.29, 0.717) is 16.8 Å². The minimum atomic E-state index is 0.507. The standard InChI is InChI=1S/C23H18ClN5/c24-18-7-12-21(13-8-18)28-23-26-16-14-22(29-23)27-20-10-5-17(6-11-20)4-9-19-3-1-2-15-25-19/h1-16H,(H2,26,27,28,29). The highest BCUT2D eigenvalue weighted by atomic mass is 35.5. The van der Waals surface area contributed by atoms with E-state index < -0.39 is 0 Å². The fourth-order valence-electron chi connectivity index (χ4n) is 2.63. The molecule has 2 aromatic carbocycles. The first-order chi connectivity index (χ1) is 14.2. The van der Waals surface area contributed by atoms with Gasteiger partial charge in [-0.3, -0.25) is 4.98 Å². The van der Waals surface area contributed by atoms with E-state index in [-0.39, 0.29) is 0 Å². The average Bonchev–Trinajstić information content (AvgIpc) is 2.76. The third kappa shape index (κ3) is 5.40. The van der Waals surface area contributed by atoms with Gasteiger partial charge in [0, 0.05) is 28.8 Å². The predicted octanol–water partition coefficient (Wildman–Crippen LogP) is 6.18. The number of rotatable bonds is 6. The Kier molecular flexibility index (Phi) is 5.78. The highest BCUT2D eigenvalue weighted by Gasteiger charge is 2.01. The number of nitrogens with zero attached hydrogens (tertiary/aromatic N) is 3. The lowest BCUT2D eigenvalue weighted by Gasteiger charge is -2.09. The first-order valence-corrected chi connectivity index (χ1v) is 9.44. The summed E-state index contributed by atoms with van der Waals surface area (Å²) in [6.07, 6.45) is 7.51. The third-order valence-electron chi connectivity index (χ3n) is 4.07. The Bertz CT molecular complexity index is 1090. The Morgan fingerprint density at radius 1 is 0.690 bits per heavy atom. The molecule has 6 heteroatoms. The molecule has 0 saturated carbocycles. The van der Waals surface area contributed by atoms with Gasteiger partial charge in [0.15, 0.2) is 0 Å². The van der Waals surface area contributed by atoms with Gasteiger partial charge in [0.2, 0.25) is 5.95 Å². The molecule has 2 N–H and O–H groups in total. The van der Waals surface area contributed by atoms with E-state index in [4.69, 9.17) is 11.6 Å². The second-order valence-electron chi connectivity index (χ2n) is 6.23. The van der Waals surface area contributed by atoms with Gasteiger partial charge in [-0.15, -0.1) is 0 Å². The number of benzene rings is 2. The van der Waals surface area contributed by atoms with Crippen LogP contribution in [0.2, 0.25) is 5.02 Å². The van der Waals surface area contributed by atoms with Crippen LogP contribution in [0.1, 0.15) is 11.3 Å². The van der Waals surface area contributed by atoms with Crippen LogP contribution in [-0.4, -0.2) is 15.0 Å². The van der Waals surface area contributed by atoms with E-state index in [1.807, 2.05) is 84.9 Å². The average molecular weight is 400 g/mol. The summed E-state index contributed by atoms with van der Waals surface area (Å²) < 4.78 is 0. The number of nitrogens with one attached hydrogen (secondary N) is 2. The first-order valence-electron chi connectivity index (χ1n) is 9.06. The van der Waals surface area contributed by atoms with Crippen molar-refractivity contribution in [2.75, 3.05) is 10.6 Å². The Morgan fingerprint density at radius 2 is 1.45 bits per heavy atom. The molecular weight excluding hydrogens is 382 g/mol. The molecule has 142 valence electrons. The Labute approximate surface area is 174 Å². The Balaban J connectivity index is 1.41. The van der Waals surface area contributed by atoms with Crippen molar-refractivity contribution in [1.82, 2.24) is 15.0 Å². The van der Waals surface area contributed by atoms with E-state index in [9.17, 15) is 0 Å². The van der Waals surface area contributed by atoms with Crippen molar-refractivity contribution in [1.29, 1.82) is 0 Å². The van der Waals surface area contributed by atoms with Gasteiger partial charge in [0.25, 0.3) is 0 Å². The van der Waals surface area contributed by atoms with Crippen LogP contribution in [0.3, 0.4) is 0 Å². The highest BCUT2D eigenvalue weighted by molar-refractivity contribution is 6.30. The van der Waals surface area contributed by atoms with Crippen LogP contribution < -0.4 is 10.6 Å². The van der Waals surface area contributed by atoms with Gasteiger partial charge in [-0.2, -0.15) is 4.98 Å². The van der Waals surface area contributed by atoms with Crippen molar-refractivity contribution in [2.24, 2.45) is 0 Å².